The van der Waals surface area contributed by atoms with Gasteiger partial charge in [-0.05, 0) is 31.2 Å². The molecule has 4 nitrogen and oxygen atoms in total. The number of piperazine rings is 1. The van der Waals surface area contributed by atoms with Crippen molar-refractivity contribution in [3.63, 3.8) is 0 Å². The van der Waals surface area contributed by atoms with Crippen LogP contribution in [-0.2, 0) is 0 Å². The average molecular weight is 274 g/mol. The summed E-state index contributed by atoms with van der Waals surface area (Å²) in [6.45, 7) is 9.19. The van der Waals surface area contributed by atoms with Crippen LogP contribution in [0.4, 0.5) is 11.5 Å². The molecule has 1 aromatic rings. The number of anilines is 2. The Labute approximate surface area is 122 Å². The van der Waals surface area contributed by atoms with Crippen LogP contribution in [0.1, 0.15) is 26.2 Å². The molecule has 20 heavy (non-hydrogen) atoms. The fraction of sp³-hybridized carbons (Fsp3) is 0.688. The summed E-state index contributed by atoms with van der Waals surface area (Å²) >= 11 is 0. The number of nitrogens with one attached hydrogen (secondary N) is 1. The third-order valence-electron chi connectivity index (χ3n) is 4.25. The first-order valence-electron chi connectivity index (χ1n) is 8.02. The molecule has 0 unspecified atom stereocenters. The summed E-state index contributed by atoms with van der Waals surface area (Å²) < 4.78 is 0. The smallest absolute Gasteiger partial charge is 0.127 e. The molecule has 0 spiro atoms. The molecule has 1 aliphatic heterocycles. The van der Waals surface area contributed by atoms with Crippen LogP contribution in [0.15, 0.2) is 18.3 Å². The van der Waals surface area contributed by atoms with Crippen molar-refractivity contribution in [1.82, 2.24) is 9.88 Å². The number of hydrogen-bond donors (Lipinski definition) is 1. The quantitative estimate of drug-likeness (QED) is 0.863. The molecule has 0 atom stereocenters. The number of pyridine rings is 1. The summed E-state index contributed by atoms with van der Waals surface area (Å²) in [5.41, 5.74) is 1.31. The number of nitrogens with zero attached hydrogens (tertiary/aromatic N) is 3. The van der Waals surface area contributed by atoms with Crippen LogP contribution < -0.4 is 10.2 Å². The molecule has 2 fully saturated rings. The van der Waals surface area contributed by atoms with Crippen LogP contribution in [0, 0.1) is 5.92 Å². The van der Waals surface area contributed by atoms with E-state index in [1.54, 1.807) is 0 Å². The largest absolute Gasteiger partial charge is 0.370 e. The lowest BCUT2D eigenvalue weighted by Gasteiger charge is -2.36. The van der Waals surface area contributed by atoms with Crippen molar-refractivity contribution < 1.29 is 0 Å². The minimum absolute atomic E-state index is 0.992. The van der Waals surface area contributed by atoms with E-state index in [0.29, 0.717) is 0 Å². The van der Waals surface area contributed by atoms with E-state index in [9.17, 15) is 0 Å². The van der Waals surface area contributed by atoms with Crippen molar-refractivity contribution in [3.05, 3.63) is 18.3 Å². The second-order valence-corrected chi connectivity index (χ2v) is 6.06. The molecular formula is C16H26N4. The van der Waals surface area contributed by atoms with Gasteiger partial charge < -0.3 is 10.2 Å². The molecule has 4 heteroatoms. The van der Waals surface area contributed by atoms with E-state index >= 15 is 0 Å². The zero-order valence-corrected chi connectivity index (χ0v) is 12.5. The molecule has 1 saturated heterocycles. The summed E-state index contributed by atoms with van der Waals surface area (Å²) in [5, 5.41) is 3.37. The molecule has 1 N–H and O–H groups in total. The number of rotatable bonds is 6. The molecular weight excluding hydrogens is 248 g/mol. The van der Waals surface area contributed by atoms with Crippen LogP contribution in [-0.4, -0.2) is 49.2 Å². The Balaban J connectivity index is 1.53. The van der Waals surface area contributed by atoms with E-state index in [-0.39, 0.29) is 0 Å². The molecule has 1 aromatic heterocycles. The third-order valence-corrected chi connectivity index (χ3v) is 4.25. The first-order valence-corrected chi connectivity index (χ1v) is 8.02. The summed E-state index contributed by atoms with van der Waals surface area (Å²) in [6, 6.07) is 4.32. The van der Waals surface area contributed by atoms with Gasteiger partial charge in [0.1, 0.15) is 5.82 Å². The van der Waals surface area contributed by atoms with Crippen molar-refractivity contribution in [2.75, 3.05) is 49.5 Å². The maximum atomic E-state index is 4.39. The van der Waals surface area contributed by atoms with Gasteiger partial charge in [-0.3, -0.25) is 4.90 Å². The second kappa shape index (κ2) is 6.44. The van der Waals surface area contributed by atoms with Gasteiger partial charge in [0.2, 0.25) is 0 Å². The predicted octanol–water partition coefficient (Wildman–Crippen LogP) is 2.44. The minimum atomic E-state index is 0.992. The molecule has 1 saturated carbocycles. The molecule has 1 aliphatic carbocycles. The Morgan fingerprint density at radius 1 is 1.25 bits per heavy atom. The van der Waals surface area contributed by atoms with Crippen LogP contribution >= 0.6 is 0 Å². The monoisotopic (exact) mass is 274 g/mol. The Bertz CT molecular complexity index is 422. The minimum Gasteiger partial charge on any atom is -0.370 e. The van der Waals surface area contributed by atoms with Crippen LogP contribution in [0.2, 0.25) is 0 Å². The lowest BCUT2D eigenvalue weighted by molar-refractivity contribution is 0.248. The van der Waals surface area contributed by atoms with E-state index in [0.717, 1.165) is 37.8 Å². The summed E-state index contributed by atoms with van der Waals surface area (Å²) in [4.78, 5) is 9.50. The number of hydrogen-bond acceptors (Lipinski definition) is 4. The highest BCUT2D eigenvalue weighted by molar-refractivity contribution is 5.54. The molecule has 0 bridgehead atoms. The zero-order chi connectivity index (χ0) is 13.8. The molecule has 3 rings (SSSR count). The fourth-order valence-corrected chi connectivity index (χ4v) is 2.82. The van der Waals surface area contributed by atoms with Gasteiger partial charge >= 0.3 is 0 Å². The lowest BCUT2D eigenvalue weighted by atomic mass is 10.2. The SMILES string of the molecule is CCCNc1cc(N2CCN(CC3CC3)CC2)ccn1. The second-order valence-electron chi connectivity index (χ2n) is 6.06. The highest BCUT2D eigenvalue weighted by Crippen LogP contribution is 2.30. The molecule has 110 valence electrons. The van der Waals surface area contributed by atoms with E-state index in [1.807, 2.05) is 6.20 Å². The van der Waals surface area contributed by atoms with Crippen LogP contribution in [0.25, 0.3) is 0 Å². The normalized spacial score (nSPS) is 20.1. The predicted molar refractivity (Wildman–Crippen MR) is 84.4 cm³/mol. The molecule has 2 aliphatic rings. The number of aromatic nitrogens is 1. The summed E-state index contributed by atoms with van der Waals surface area (Å²) in [7, 11) is 0. The van der Waals surface area contributed by atoms with Crippen molar-refractivity contribution in [2.24, 2.45) is 5.92 Å². The Hall–Kier alpha value is -1.29. The van der Waals surface area contributed by atoms with Gasteiger partial charge in [0.25, 0.3) is 0 Å². The van der Waals surface area contributed by atoms with Gasteiger partial charge in [0, 0.05) is 57.2 Å². The van der Waals surface area contributed by atoms with Gasteiger partial charge in [0.05, 0.1) is 0 Å². The highest BCUT2D eigenvalue weighted by Gasteiger charge is 2.26. The van der Waals surface area contributed by atoms with E-state index < -0.39 is 0 Å². The van der Waals surface area contributed by atoms with Crippen molar-refractivity contribution in [1.29, 1.82) is 0 Å². The maximum absolute atomic E-state index is 4.39. The van der Waals surface area contributed by atoms with Crippen molar-refractivity contribution in [3.8, 4) is 0 Å². The zero-order valence-electron chi connectivity index (χ0n) is 12.5. The topological polar surface area (TPSA) is 31.4 Å². The van der Waals surface area contributed by atoms with Crippen molar-refractivity contribution in [2.45, 2.75) is 26.2 Å². The first-order chi connectivity index (χ1) is 9.85. The Kier molecular flexibility index (Phi) is 4.41. The van der Waals surface area contributed by atoms with E-state index in [1.165, 1.54) is 38.2 Å². The standard InChI is InChI=1S/C16H26N4/c1-2-6-17-16-12-15(5-7-18-16)20-10-8-19(9-11-20)13-14-3-4-14/h5,7,12,14H,2-4,6,8-11,13H2,1H3,(H,17,18). The molecule has 2 heterocycles. The average Bonchev–Trinajstić information content (AvgIpc) is 3.30. The first kappa shape index (κ1) is 13.7. The van der Waals surface area contributed by atoms with Crippen molar-refractivity contribution >= 4 is 11.5 Å². The summed E-state index contributed by atoms with van der Waals surface area (Å²) in [6.07, 6.45) is 5.96. The Morgan fingerprint density at radius 3 is 2.75 bits per heavy atom. The van der Waals surface area contributed by atoms with Gasteiger partial charge in [0.15, 0.2) is 0 Å². The van der Waals surface area contributed by atoms with Gasteiger partial charge in [-0.1, -0.05) is 6.92 Å². The molecule has 0 amide bonds. The lowest BCUT2D eigenvalue weighted by Crippen LogP contribution is -2.47. The van der Waals surface area contributed by atoms with Crippen LogP contribution in [0.5, 0.6) is 0 Å². The van der Waals surface area contributed by atoms with Gasteiger partial charge in [-0.15, -0.1) is 0 Å². The highest BCUT2D eigenvalue weighted by atomic mass is 15.3. The molecule has 0 radical (unpaired) electrons. The third kappa shape index (κ3) is 3.63. The van der Waals surface area contributed by atoms with Gasteiger partial charge in [-0.25, -0.2) is 4.98 Å². The summed E-state index contributed by atoms with van der Waals surface area (Å²) in [5.74, 6) is 2.01. The maximum Gasteiger partial charge on any atom is 0.127 e. The van der Waals surface area contributed by atoms with E-state index in [4.69, 9.17) is 0 Å². The fourth-order valence-electron chi connectivity index (χ4n) is 2.82. The van der Waals surface area contributed by atoms with E-state index in [2.05, 4.69) is 39.2 Å². The molecule has 0 aromatic carbocycles. The van der Waals surface area contributed by atoms with Crippen LogP contribution in [0.3, 0.4) is 0 Å². The Morgan fingerprint density at radius 2 is 2.05 bits per heavy atom. The van der Waals surface area contributed by atoms with Gasteiger partial charge in [-0.2, -0.15) is 0 Å².